The van der Waals surface area contributed by atoms with Crippen LogP contribution in [0.1, 0.15) is 0 Å². The SMILES string of the molecule is COc1cc2c(oc(=O)c3ncn(O)c(=O)c32)c2ccccc12. The molecule has 0 aliphatic carbocycles. The third-order valence-electron chi connectivity index (χ3n) is 3.79. The van der Waals surface area contributed by atoms with E-state index in [0.29, 0.717) is 21.3 Å². The van der Waals surface area contributed by atoms with Gasteiger partial charge in [-0.15, -0.1) is 4.73 Å². The highest BCUT2D eigenvalue weighted by Crippen LogP contribution is 2.34. The predicted octanol–water partition coefficient (Wildman–Crippen LogP) is 1.90. The van der Waals surface area contributed by atoms with Gasteiger partial charge in [0, 0.05) is 16.2 Å². The maximum absolute atomic E-state index is 12.3. The lowest BCUT2D eigenvalue weighted by molar-refractivity contribution is 0.173. The van der Waals surface area contributed by atoms with Crippen molar-refractivity contribution in [1.29, 1.82) is 0 Å². The summed E-state index contributed by atoms with van der Waals surface area (Å²) in [7, 11) is 1.51. The molecule has 0 saturated carbocycles. The molecule has 7 nitrogen and oxygen atoms in total. The van der Waals surface area contributed by atoms with Crippen LogP contribution in [0.4, 0.5) is 0 Å². The van der Waals surface area contributed by atoms with Crippen LogP contribution in [-0.4, -0.2) is 22.0 Å². The van der Waals surface area contributed by atoms with Crippen LogP contribution in [0.2, 0.25) is 0 Å². The number of nitrogens with zero attached hydrogens (tertiary/aromatic N) is 2. The number of methoxy groups -OCH3 is 1. The zero-order valence-corrected chi connectivity index (χ0v) is 11.9. The van der Waals surface area contributed by atoms with Crippen molar-refractivity contribution in [3.8, 4) is 5.75 Å². The van der Waals surface area contributed by atoms with E-state index in [9.17, 15) is 14.8 Å². The van der Waals surface area contributed by atoms with Crippen LogP contribution in [0.15, 0.2) is 50.7 Å². The summed E-state index contributed by atoms with van der Waals surface area (Å²) in [5.74, 6) is 0.524. The lowest BCUT2D eigenvalue weighted by atomic mass is 10.0. The average molecular weight is 310 g/mol. The van der Waals surface area contributed by atoms with E-state index in [1.807, 2.05) is 12.1 Å². The number of rotatable bonds is 1. The summed E-state index contributed by atoms with van der Waals surface area (Å²) >= 11 is 0. The first-order valence-electron chi connectivity index (χ1n) is 6.75. The molecule has 0 aliphatic heterocycles. The Kier molecular flexibility index (Phi) is 2.65. The molecule has 0 amide bonds. The Hall–Kier alpha value is -3.35. The molecule has 4 rings (SSSR count). The highest BCUT2D eigenvalue weighted by molar-refractivity contribution is 6.14. The molecule has 2 aromatic carbocycles. The molecule has 2 aromatic heterocycles. The largest absolute Gasteiger partial charge is 0.496 e. The van der Waals surface area contributed by atoms with E-state index >= 15 is 0 Å². The summed E-state index contributed by atoms with van der Waals surface area (Å²) in [6.45, 7) is 0. The molecule has 4 aromatic rings. The van der Waals surface area contributed by atoms with Gasteiger partial charge in [-0.1, -0.05) is 24.3 Å². The van der Waals surface area contributed by atoms with Crippen LogP contribution in [0, 0.1) is 0 Å². The fourth-order valence-corrected chi connectivity index (χ4v) is 2.76. The van der Waals surface area contributed by atoms with Crippen molar-refractivity contribution in [2.45, 2.75) is 0 Å². The van der Waals surface area contributed by atoms with Crippen LogP contribution in [0.5, 0.6) is 5.75 Å². The first kappa shape index (κ1) is 13.3. The topological polar surface area (TPSA) is 94.6 Å². The van der Waals surface area contributed by atoms with Crippen molar-refractivity contribution >= 4 is 32.6 Å². The summed E-state index contributed by atoms with van der Waals surface area (Å²) in [5.41, 5.74) is -1.36. The number of ether oxygens (including phenoxy) is 1. The van der Waals surface area contributed by atoms with Gasteiger partial charge in [0.05, 0.1) is 12.5 Å². The molecule has 2 heterocycles. The highest BCUT2D eigenvalue weighted by Gasteiger charge is 2.17. The molecule has 1 N–H and O–H groups in total. The van der Waals surface area contributed by atoms with E-state index < -0.39 is 11.2 Å². The van der Waals surface area contributed by atoms with Crippen molar-refractivity contribution < 1.29 is 14.4 Å². The second-order valence-corrected chi connectivity index (χ2v) is 5.01. The molecule has 0 fully saturated rings. The van der Waals surface area contributed by atoms with E-state index in [1.54, 1.807) is 18.2 Å². The first-order valence-corrected chi connectivity index (χ1v) is 6.75. The molecule has 0 atom stereocenters. The van der Waals surface area contributed by atoms with Gasteiger partial charge in [0.2, 0.25) is 0 Å². The summed E-state index contributed by atoms with van der Waals surface area (Å²) in [4.78, 5) is 28.2. The molecule has 0 unspecified atom stereocenters. The van der Waals surface area contributed by atoms with Gasteiger partial charge in [0.1, 0.15) is 17.7 Å². The number of aromatic nitrogens is 2. The van der Waals surface area contributed by atoms with Crippen LogP contribution in [-0.2, 0) is 0 Å². The zero-order chi connectivity index (χ0) is 16.1. The van der Waals surface area contributed by atoms with Gasteiger partial charge in [-0.25, -0.2) is 9.78 Å². The van der Waals surface area contributed by atoms with E-state index in [4.69, 9.17) is 9.15 Å². The number of benzene rings is 2. The quantitative estimate of drug-likeness (QED) is 0.328. The average Bonchev–Trinajstić information content (AvgIpc) is 2.57. The minimum atomic E-state index is -0.745. The van der Waals surface area contributed by atoms with Crippen LogP contribution in [0.3, 0.4) is 0 Å². The third-order valence-corrected chi connectivity index (χ3v) is 3.79. The molecule has 7 heteroatoms. The Bertz CT molecular complexity index is 1210. The lowest BCUT2D eigenvalue weighted by Crippen LogP contribution is -2.21. The fourth-order valence-electron chi connectivity index (χ4n) is 2.76. The van der Waals surface area contributed by atoms with Crippen LogP contribution in [0.25, 0.3) is 32.6 Å². The molecule has 23 heavy (non-hydrogen) atoms. The Morgan fingerprint density at radius 3 is 2.65 bits per heavy atom. The minimum absolute atomic E-state index is 0.00898. The maximum Gasteiger partial charge on any atom is 0.363 e. The van der Waals surface area contributed by atoms with Gasteiger partial charge in [-0.2, -0.15) is 0 Å². The second kappa shape index (κ2) is 4.57. The summed E-state index contributed by atoms with van der Waals surface area (Å²) in [5, 5.41) is 11.3. The molecular formula is C16H10N2O5. The van der Waals surface area contributed by atoms with E-state index in [-0.39, 0.29) is 16.5 Å². The van der Waals surface area contributed by atoms with Gasteiger partial charge >= 0.3 is 5.63 Å². The van der Waals surface area contributed by atoms with Crippen molar-refractivity contribution in [2.24, 2.45) is 0 Å². The summed E-state index contributed by atoms with van der Waals surface area (Å²) in [6.07, 6.45) is 0.867. The fraction of sp³-hybridized carbons (Fsp3) is 0.0625. The number of hydrogen-bond donors (Lipinski definition) is 1. The molecule has 0 spiro atoms. The highest BCUT2D eigenvalue weighted by atomic mass is 16.5. The summed E-state index contributed by atoms with van der Waals surface area (Å²) < 4.78 is 11.1. The predicted molar refractivity (Wildman–Crippen MR) is 83.3 cm³/mol. The van der Waals surface area contributed by atoms with Crippen molar-refractivity contribution in [2.75, 3.05) is 7.11 Å². The number of hydrogen-bond acceptors (Lipinski definition) is 6. The third kappa shape index (κ3) is 1.73. The molecular weight excluding hydrogens is 300 g/mol. The Labute approximate surface area is 127 Å². The van der Waals surface area contributed by atoms with Crippen LogP contribution < -0.4 is 15.9 Å². The van der Waals surface area contributed by atoms with E-state index in [2.05, 4.69) is 4.98 Å². The van der Waals surface area contributed by atoms with Gasteiger partial charge in [0.25, 0.3) is 5.56 Å². The molecule has 114 valence electrons. The van der Waals surface area contributed by atoms with Gasteiger partial charge < -0.3 is 14.4 Å². The molecule has 0 aliphatic rings. The molecule has 0 saturated heterocycles. The zero-order valence-electron chi connectivity index (χ0n) is 11.9. The van der Waals surface area contributed by atoms with Gasteiger partial charge in [0.15, 0.2) is 5.52 Å². The van der Waals surface area contributed by atoms with Gasteiger partial charge in [-0.05, 0) is 6.07 Å². The van der Waals surface area contributed by atoms with Gasteiger partial charge in [-0.3, -0.25) is 4.79 Å². The number of fused-ring (bicyclic) bond motifs is 5. The van der Waals surface area contributed by atoms with E-state index in [0.717, 1.165) is 11.7 Å². The summed E-state index contributed by atoms with van der Waals surface area (Å²) in [6, 6.07) is 8.82. The standard InChI is InChI=1S/C16H10N2O5/c1-22-11-6-10-12-13(17-7-18(21)15(12)19)16(20)23-14(10)9-5-3-2-4-8(9)11/h2-7,21H,1H3. The Morgan fingerprint density at radius 1 is 1.17 bits per heavy atom. The van der Waals surface area contributed by atoms with Crippen molar-refractivity contribution in [3.05, 3.63) is 57.4 Å². The van der Waals surface area contributed by atoms with Crippen molar-refractivity contribution in [3.63, 3.8) is 0 Å². The Morgan fingerprint density at radius 2 is 1.91 bits per heavy atom. The molecule has 0 radical (unpaired) electrons. The first-order chi connectivity index (χ1) is 11.1. The maximum atomic E-state index is 12.3. The van der Waals surface area contributed by atoms with Crippen molar-refractivity contribution in [1.82, 2.24) is 9.71 Å². The smallest absolute Gasteiger partial charge is 0.363 e. The normalized spacial score (nSPS) is 11.3. The lowest BCUT2D eigenvalue weighted by Gasteiger charge is -2.09. The minimum Gasteiger partial charge on any atom is -0.496 e. The molecule has 0 bridgehead atoms. The van der Waals surface area contributed by atoms with Crippen LogP contribution >= 0.6 is 0 Å². The second-order valence-electron chi connectivity index (χ2n) is 5.01. The van der Waals surface area contributed by atoms with E-state index in [1.165, 1.54) is 7.11 Å². The Balaban J connectivity index is 2.42. The monoisotopic (exact) mass is 310 g/mol.